The summed E-state index contributed by atoms with van der Waals surface area (Å²) >= 11 is 0. The average Bonchev–Trinajstić information content (AvgIpc) is 0.970. The Bertz CT molecular complexity index is 2610. The van der Waals surface area contributed by atoms with Gasteiger partial charge in [-0.25, -0.2) is 6.66 Å². The minimum absolute atomic E-state index is 0.0462. The molecule has 0 aromatic carbocycles. The molecule has 7 amide bonds. The fourth-order valence-corrected chi connectivity index (χ4v) is 14.5. The van der Waals surface area contributed by atoms with Crippen LogP contribution in [0.2, 0.25) is 0 Å². The van der Waals surface area contributed by atoms with Crippen molar-refractivity contribution in [2.75, 3.05) is 139 Å². The van der Waals surface area contributed by atoms with E-state index in [1.54, 1.807) is 20.8 Å². The molecule has 4 heterocycles. The number of aliphatic hydroxyl groups excluding tert-OH is 9. The number of nitrogens with one attached hydrogen (secondary N) is 6. The summed E-state index contributed by atoms with van der Waals surface area (Å²) in [5.41, 5.74) is -1.15. The predicted molar refractivity (Wildman–Crippen MR) is 422 cm³/mol. The topological polar surface area (TPSA) is 513 Å². The Morgan fingerprint density at radius 2 is 0.733 bits per heavy atom. The number of nitrogens with zero attached hydrogens (tertiary/aromatic N) is 1. The Morgan fingerprint density at radius 3 is 1.06 bits per heavy atom. The highest BCUT2D eigenvalue weighted by Crippen LogP contribution is 2.46. The van der Waals surface area contributed by atoms with Gasteiger partial charge in [0.2, 0.25) is 41.4 Å². The highest BCUT2D eigenvalue weighted by molar-refractivity contribution is 7.55. The van der Waals surface area contributed by atoms with Crippen LogP contribution in [0.3, 0.4) is 0 Å². The standard InChI is InChI=1S/C79H143N7O29P/c1-54-44-58(50-112-116(6,104)105-5)86(46-54)69(97)28-14-12-10-8-7-9-11-13-24-59(90)45-79(51-106-41-29-66(94)83-35-21-32-80-63(91)25-15-18-38-109-76-55(2)70(98)73(101)60(47-87)113-76,52-107-42-30-67(95)84-36-22-33-81-64(92)26-16-19-39-110-77-56(3)71(99)74(102)61(48-88)114-77)53-108-43-31-68(96)85-37-23-34-82-65(93)27-17-20-40-111-78-57(4)72(100)75(103)62(49-89)115-78/h54-58,60-62,70-78,87-89,98-103H,6-53H2,1-5H3,(H,80,91)(H,81,92)(H,82,93)(H,83,94)(H,84,95)(H,85,96)/q-1/t54-,55?,56?,57?,58+,60?,61?,62?,70?,71?,72?,73?,74?,75?,76?,77?,78?,79?,116?/m1/s1. The smallest absolute Gasteiger partial charge is 0.222 e. The molecule has 4 saturated heterocycles. The number of hydrogen-bond acceptors (Lipinski definition) is 29. The van der Waals surface area contributed by atoms with E-state index < -0.39 is 124 Å². The van der Waals surface area contributed by atoms with E-state index >= 15 is 0 Å². The number of ether oxygens (including phenoxy) is 9. The van der Waals surface area contributed by atoms with Crippen molar-refractivity contribution in [1.82, 2.24) is 36.8 Å². The minimum Gasteiger partial charge on any atom is -0.394 e. The SMILES string of the molecule is [CH2-]P(=O)(OC)OC[C@@H]1C[C@@H](C)CN1C(=O)CCCCCCCCCCC(=O)CC(COCCC(=O)NCCCNC(=O)CCCCOC1OC(CO)C(O)C(O)C1C)(COCCC(=O)NCCCNC(=O)CCCCOC1OC(CO)C(O)C(O)C1C)COCCC(=O)NCCCNC(=O)CCCCOC1OC(CO)C(O)C(O)C1C. The molecule has 36 nitrogen and oxygen atoms in total. The quantitative estimate of drug-likeness (QED) is 0.0233. The number of rotatable bonds is 65. The van der Waals surface area contributed by atoms with Crippen molar-refractivity contribution in [2.45, 2.75) is 281 Å². The Labute approximate surface area is 684 Å². The molecular weight excluding hydrogens is 1540 g/mol. The van der Waals surface area contributed by atoms with Gasteiger partial charge in [-0.3, -0.25) is 42.9 Å². The Hall–Kier alpha value is -4.61. The van der Waals surface area contributed by atoms with Crippen LogP contribution < -0.4 is 31.9 Å². The maximum Gasteiger partial charge on any atom is 0.222 e. The minimum atomic E-state index is -3.43. The highest BCUT2D eigenvalue weighted by atomic mass is 31.2. The molecule has 0 aromatic rings. The fourth-order valence-electron chi connectivity index (χ4n) is 14.0. The number of carbonyl (C=O) groups is 8. The largest absolute Gasteiger partial charge is 0.394 e. The molecule has 116 heavy (non-hydrogen) atoms. The summed E-state index contributed by atoms with van der Waals surface area (Å²) in [4.78, 5) is 106. The van der Waals surface area contributed by atoms with Gasteiger partial charge in [-0.05, 0) is 83.0 Å². The molecule has 4 rings (SSSR count). The van der Waals surface area contributed by atoms with Crippen LogP contribution in [0.1, 0.15) is 201 Å². The summed E-state index contributed by atoms with van der Waals surface area (Å²) in [6.07, 6.45) is 0.448. The van der Waals surface area contributed by atoms with Crippen LogP contribution in [-0.4, -0.2) is 317 Å². The van der Waals surface area contributed by atoms with Gasteiger partial charge in [0, 0.05) is 154 Å². The Kier molecular flexibility index (Phi) is 52.9. The van der Waals surface area contributed by atoms with Crippen molar-refractivity contribution in [3.63, 3.8) is 0 Å². The predicted octanol–water partition coefficient (Wildman–Crippen LogP) is 1.59. The molecule has 37 heteroatoms. The van der Waals surface area contributed by atoms with Crippen molar-refractivity contribution in [3.05, 3.63) is 6.66 Å². The number of amides is 7. The van der Waals surface area contributed by atoms with Crippen molar-refractivity contribution < 1.29 is 141 Å². The zero-order valence-electron chi connectivity index (χ0n) is 69.3. The summed E-state index contributed by atoms with van der Waals surface area (Å²) in [7, 11) is -2.15. The lowest BCUT2D eigenvalue weighted by molar-refractivity contribution is -0.282. The fraction of sp³-hybridized carbons (Fsp3) is 0.886. The molecule has 0 radical (unpaired) electrons. The second kappa shape index (κ2) is 59.2. The number of carbonyl (C=O) groups excluding carboxylic acids is 8. The zero-order chi connectivity index (χ0) is 85.3. The van der Waals surface area contributed by atoms with Gasteiger partial charge in [-0.2, -0.15) is 0 Å². The number of likely N-dealkylation sites (tertiary alicyclic amines) is 1. The van der Waals surface area contributed by atoms with Gasteiger partial charge in [0.15, 0.2) is 26.5 Å². The van der Waals surface area contributed by atoms with E-state index in [1.807, 2.05) is 4.90 Å². The normalized spacial score (nSPS) is 26.5. The lowest BCUT2D eigenvalue weighted by Gasteiger charge is -2.40. The molecule has 15 N–H and O–H groups in total. The van der Waals surface area contributed by atoms with E-state index in [1.165, 1.54) is 7.11 Å². The van der Waals surface area contributed by atoms with Crippen LogP contribution in [0.4, 0.5) is 0 Å². The Balaban J connectivity index is 1.28. The number of ketones is 1. The summed E-state index contributed by atoms with van der Waals surface area (Å²) in [6, 6.07) is -0.184. The Morgan fingerprint density at radius 1 is 0.422 bits per heavy atom. The molecule has 18 atom stereocenters. The first-order valence-electron chi connectivity index (χ1n) is 42.1. The van der Waals surface area contributed by atoms with E-state index in [2.05, 4.69) is 45.5 Å². The summed E-state index contributed by atoms with van der Waals surface area (Å²) in [6.45, 7) is 11.7. The molecule has 0 spiro atoms. The van der Waals surface area contributed by atoms with Crippen molar-refractivity contribution in [2.24, 2.45) is 29.1 Å². The third-order valence-corrected chi connectivity index (χ3v) is 22.4. The summed E-state index contributed by atoms with van der Waals surface area (Å²) < 4.78 is 75.1. The number of aliphatic hydroxyl groups is 9. The molecule has 674 valence electrons. The molecule has 16 unspecified atom stereocenters. The first-order chi connectivity index (χ1) is 55.6. The third kappa shape index (κ3) is 41.3. The van der Waals surface area contributed by atoms with Crippen LogP contribution in [0.15, 0.2) is 0 Å². The number of Topliss-reactive ketones (excluding diaryl/α,β-unsaturated/α-hetero) is 1. The molecule has 0 saturated carbocycles. The molecule has 0 aromatic heterocycles. The lowest BCUT2D eigenvalue weighted by Crippen LogP contribution is -2.55. The third-order valence-electron chi connectivity index (χ3n) is 21.3. The summed E-state index contributed by atoms with van der Waals surface area (Å²) in [5.74, 6) is -2.88. The maximum absolute atomic E-state index is 14.2. The number of hydrogen-bond donors (Lipinski definition) is 15. The van der Waals surface area contributed by atoms with Crippen LogP contribution in [0.25, 0.3) is 0 Å². The van der Waals surface area contributed by atoms with Crippen LogP contribution >= 0.6 is 7.60 Å². The second-order valence-electron chi connectivity index (χ2n) is 31.4. The molecular formula is C79H143N7O29P-. The molecule has 4 aliphatic rings. The van der Waals surface area contributed by atoms with Crippen molar-refractivity contribution >= 4 is 54.7 Å². The second-order valence-corrected chi connectivity index (χ2v) is 33.3. The average molecular weight is 1690 g/mol. The molecule has 4 aliphatic heterocycles. The van der Waals surface area contributed by atoms with Gasteiger partial charge >= 0.3 is 0 Å². The van der Waals surface area contributed by atoms with Crippen LogP contribution in [0.5, 0.6) is 0 Å². The van der Waals surface area contributed by atoms with Crippen LogP contribution in [-0.2, 0) is 94.6 Å². The monoisotopic (exact) mass is 1680 g/mol. The molecule has 0 aliphatic carbocycles. The lowest BCUT2D eigenvalue weighted by atomic mass is 9.84. The maximum atomic E-state index is 14.2. The van der Waals surface area contributed by atoms with Gasteiger partial charge in [0.25, 0.3) is 0 Å². The molecule has 0 bridgehead atoms. The summed E-state index contributed by atoms with van der Waals surface area (Å²) in [5, 5.41) is 107. The van der Waals surface area contributed by atoms with Crippen LogP contribution in [0, 0.1) is 35.8 Å². The highest BCUT2D eigenvalue weighted by Gasteiger charge is 2.45. The van der Waals surface area contributed by atoms with Gasteiger partial charge in [0.1, 0.15) is 42.4 Å². The van der Waals surface area contributed by atoms with E-state index in [-0.39, 0.29) is 196 Å². The molecule has 4 fully saturated rings. The van der Waals surface area contributed by atoms with Crippen molar-refractivity contribution in [1.29, 1.82) is 0 Å². The van der Waals surface area contributed by atoms with E-state index in [0.717, 1.165) is 51.4 Å². The van der Waals surface area contributed by atoms with Gasteiger partial charge in [-0.1, -0.05) is 66.2 Å². The van der Waals surface area contributed by atoms with Crippen molar-refractivity contribution in [3.8, 4) is 0 Å². The van der Waals surface area contributed by atoms with E-state index in [0.29, 0.717) is 96.8 Å². The van der Waals surface area contributed by atoms with E-state index in [9.17, 15) is 88.9 Å². The van der Waals surface area contributed by atoms with Gasteiger partial charge < -0.3 is 134 Å². The zero-order valence-corrected chi connectivity index (χ0v) is 70.2. The first-order valence-corrected chi connectivity index (χ1v) is 43.8. The first kappa shape index (κ1) is 104. The van der Waals surface area contributed by atoms with Gasteiger partial charge in [0.05, 0.1) is 90.4 Å². The van der Waals surface area contributed by atoms with E-state index in [4.69, 9.17) is 51.7 Å². The number of unbranched alkanes of at least 4 members (excludes halogenated alkanes) is 10. The van der Waals surface area contributed by atoms with Gasteiger partial charge in [-0.15, -0.1) is 0 Å².